The average molecular weight is 340 g/mol. The van der Waals surface area contributed by atoms with Crippen LogP contribution in [0, 0.1) is 6.92 Å². The molecule has 0 saturated heterocycles. The van der Waals surface area contributed by atoms with Crippen molar-refractivity contribution < 1.29 is 14.3 Å². The van der Waals surface area contributed by atoms with Gasteiger partial charge in [0.15, 0.2) is 0 Å². The number of nitrogens with one attached hydrogen (secondary N) is 2. The van der Waals surface area contributed by atoms with Crippen LogP contribution in [-0.4, -0.2) is 25.5 Å². The maximum atomic E-state index is 12.0. The summed E-state index contributed by atoms with van der Waals surface area (Å²) in [6, 6.07) is 15.3. The van der Waals surface area contributed by atoms with E-state index in [1.165, 1.54) is 5.56 Å². The Labute approximate surface area is 148 Å². The van der Waals surface area contributed by atoms with Crippen molar-refractivity contribution in [1.82, 2.24) is 5.32 Å². The van der Waals surface area contributed by atoms with Crippen LogP contribution in [0.4, 0.5) is 5.69 Å². The Morgan fingerprint density at radius 2 is 1.84 bits per heavy atom. The van der Waals surface area contributed by atoms with E-state index in [1.54, 1.807) is 19.2 Å². The van der Waals surface area contributed by atoms with E-state index in [4.69, 9.17) is 4.74 Å². The first-order valence-electron chi connectivity index (χ1n) is 8.23. The van der Waals surface area contributed by atoms with E-state index in [0.29, 0.717) is 18.8 Å². The van der Waals surface area contributed by atoms with Gasteiger partial charge in [0.1, 0.15) is 0 Å². The molecule has 2 aromatic carbocycles. The maximum absolute atomic E-state index is 12.0. The molecule has 1 atom stereocenters. The van der Waals surface area contributed by atoms with Crippen LogP contribution in [-0.2, 0) is 20.9 Å². The lowest BCUT2D eigenvalue weighted by Crippen LogP contribution is -2.37. The first-order chi connectivity index (χ1) is 12.0. The molecule has 0 radical (unpaired) electrons. The second kappa shape index (κ2) is 8.99. The Kier molecular flexibility index (Phi) is 6.71. The average Bonchev–Trinajstić information content (AvgIpc) is 2.60. The van der Waals surface area contributed by atoms with Crippen LogP contribution >= 0.6 is 0 Å². The molecule has 0 aliphatic heterocycles. The number of rotatable bonds is 6. The van der Waals surface area contributed by atoms with Gasteiger partial charge in [-0.1, -0.05) is 48.9 Å². The van der Waals surface area contributed by atoms with Crippen LogP contribution in [0.1, 0.15) is 29.5 Å². The fourth-order valence-corrected chi connectivity index (χ4v) is 2.51. The third kappa shape index (κ3) is 5.72. The molecule has 0 unspecified atom stereocenters. The molecule has 0 spiro atoms. The summed E-state index contributed by atoms with van der Waals surface area (Å²) in [4.78, 5) is 24.0. The number of hydrogen-bond donors (Lipinski definition) is 2. The maximum Gasteiger partial charge on any atom is 0.313 e. The zero-order valence-corrected chi connectivity index (χ0v) is 14.8. The van der Waals surface area contributed by atoms with E-state index in [1.807, 2.05) is 44.2 Å². The standard InChI is InChI=1S/C20H24N2O3/c1-14-6-4-8-17(10-14)15(2)12-21-19(23)20(24)22-18-9-5-7-16(11-18)13-25-3/h4-11,15H,12-13H2,1-3H3,(H,21,23)(H,22,24)/t15-/m1/s1. The largest absolute Gasteiger partial charge is 0.380 e. The molecule has 2 rings (SSSR count). The predicted molar refractivity (Wildman–Crippen MR) is 98.4 cm³/mol. The van der Waals surface area contributed by atoms with E-state index in [9.17, 15) is 9.59 Å². The number of carbonyl (C=O) groups is 2. The molecule has 0 aliphatic carbocycles. The Morgan fingerprint density at radius 1 is 1.08 bits per heavy atom. The van der Waals surface area contributed by atoms with Gasteiger partial charge in [-0.2, -0.15) is 0 Å². The zero-order chi connectivity index (χ0) is 18.2. The summed E-state index contributed by atoms with van der Waals surface area (Å²) in [7, 11) is 1.61. The number of carbonyl (C=O) groups excluding carboxylic acids is 2. The molecule has 132 valence electrons. The molecule has 0 bridgehead atoms. The van der Waals surface area contributed by atoms with Crippen LogP contribution in [0.2, 0.25) is 0 Å². The molecule has 5 heteroatoms. The summed E-state index contributed by atoms with van der Waals surface area (Å²) in [5.41, 5.74) is 3.80. The summed E-state index contributed by atoms with van der Waals surface area (Å²) in [5.74, 6) is -1.19. The van der Waals surface area contributed by atoms with Gasteiger partial charge in [0.2, 0.25) is 0 Å². The number of aryl methyl sites for hydroxylation is 1. The molecule has 2 aromatic rings. The van der Waals surface area contributed by atoms with Gasteiger partial charge in [-0.05, 0) is 36.1 Å². The summed E-state index contributed by atoms with van der Waals surface area (Å²) in [6.45, 7) is 4.89. The summed E-state index contributed by atoms with van der Waals surface area (Å²) in [5, 5.41) is 5.29. The Balaban J connectivity index is 1.88. The number of benzene rings is 2. The fourth-order valence-electron chi connectivity index (χ4n) is 2.51. The number of methoxy groups -OCH3 is 1. The Hall–Kier alpha value is -2.66. The fraction of sp³-hybridized carbons (Fsp3) is 0.300. The van der Waals surface area contributed by atoms with Gasteiger partial charge in [-0.3, -0.25) is 9.59 Å². The van der Waals surface area contributed by atoms with Crippen molar-refractivity contribution in [3.63, 3.8) is 0 Å². The monoisotopic (exact) mass is 340 g/mol. The van der Waals surface area contributed by atoms with E-state index >= 15 is 0 Å². The van der Waals surface area contributed by atoms with E-state index in [2.05, 4.69) is 16.7 Å². The number of amides is 2. The zero-order valence-electron chi connectivity index (χ0n) is 14.8. The van der Waals surface area contributed by atoms with Crippen LogP contribution in [0.25, 0.3) is 0 Å². The van der Waals surface area contributed by atoms with E-state index < -0.39 is 11.8 Å². The van der Waals surface area contributed by atoms with Crippen molar-refractivity contribution in [2.45, 2.75) is 26.4 Å². The smallest absolute Gasteiger partial charge is 0.313 e. The number of anilines is 1. The highest BCUT2D eigenvalue weighted by Crippen LogP contribution is 2.15. The lowest BCUT2D eigenvalue weighted by molar-refractivity contribution is -0.136. The minimum absolute atomic E-state index is 0.127. The van der Waals surface area contributed by atoms with Gasteiger partial charge in [0, 0.05) is 19.3 Å². The van der Waals surface area contributed by atoms with Gasteiger partial charge < -0.3 is 15.4 Å². The molecular formula is C20H24N2O3. The van der Waals surface area contributed by atoms with Crippen molar-refractivity contribution in [2.24, 2.45) is 0 Å². The molecule has 0 saturated carbocycles. The molecular weight excluding hydrogens is 316 g/mol. The van der Waals surface area contributed by atoms with Crippen LogP contribution < -0.4 is 10.6 Å². The topological polar surface area (TPSA) is 67.4 Å². The molecule has 0 aliphatic rings. The van der Waals surface area contributed by atoms with Gasteiger partial charge in [-0.15, -0.1) is 0 Å². The molecule has 2 amide bonds. The van der Waals surface area contributed by atoms with Gasteiger partial charge in [0.05, 0.1) is 6.61 Å². The first kappa shape index (κ1) is 18.7. The van der Waals surface area contributed by atoms with Crippen molar-refractivity contribution in [1.29, 1.82) is 0 Å². The third-order valence-electron chi connectivity index (χ3n) is 3.88. The van der Waals surface area contributed by atoms with Crippen molar-refractivity contribution in [2.75, 3.05) is 19.0 Å². The normalized spacial score (nSPS) is 11.6. The second-order valence-electron chi connectivity index (χ2n) is 6.11. The second-order valence-corrected chi connectivity index (χ2v) is 6.11. The summed E-state index contributed by atoms with van der Waals surface area (Å²) < 4.78 is 5.06. The number of hydrogen-bond acceptors (Lipinski definition) is 3. The highest BCUT2D eigenvalue weighted by molar-refractivity contribution is 6.39. The lowest BCUT2D eigenvalue weighted by Gasteiger charge is -2.14. The van der Waals surface area contributed by atoms with Crippen molar-refractivity contribution in [3.8, 4) is 0 Å². The first-order valence-corrected chi connectivity index (χ1v) is 8.23. The lowest BCUT2D eigenvalue weighted by atomic mass is 9.99. The molecule has 0 fully saturated rings. The highest BCUT2D eigenvalue weighted by atomic mass is 16.5. The Bertz CT molecular complexity index is 743. The molecule has 5 nitrogen and oxygen atoms in total. The van der Waals surface area contributed by atoms with Crippen molar-refractivity contribution in [3.05, 3.63) is 65.2 Å². The third-order valence-corrected chi connectivity index (χ3v) is 3.88. The summed E-state index contributed by atoms with van der Waals surface area (Å²) in [6.07, 6.45) is 0. The SMILES string of the molecule is COCc1cccc(NC(=O)C(=O)NC[C@@H](C)c2cccc(C)c2)c1. The van der Waals surface area contributed by atoms with Crippen LogP contribution in [0.3, 0.4) is 0 Å². The van der Waals surface area contributed by atoms with Gasteiger partial charge in [-0.25, -0.2) is 0 Å². The van der Waals surface area contributed by atoms with Crippen molar-refractivity contribution >= 4 is 17.5 Å². The van der Waals surface area contributed by atoms with Gasteiger partial charge >= 0.3 is 11.8 Å². The minimum atomic E-state index is -0.675. The highest BCUT2D eigenvalue weighted by Gasteiger charge is 2.15. The Morgan fingerprint density at radius 3 is 2.56 bits per heavy atom. The van der Waals surface area contributed by atoms with Crippen LogP contribution in [0.15, 0.2) is 48.5 Å². The van der Waals surface area contributed by atoms with Gasteiger partial charge in [0.25, 0.3) is 0 Å². The summed E-state index contributed by atoms with van der Waals surface area (Å²) >= 11 is 0. The number of ether oxygens (including phenoxy) is 1. The molecule has 2 N–H and O–H groups in total. The molecule has 0 heterocycles. The van der Waals surface area contributed by atoms with E-state index in [0.717, 1.165) is 11.1 Å². The van der Waals surface area contributed by atoms with Crippen LogP contribution in [0.5, 0.6) is 0 Å². The molecule has 0 aromatic heterocycles. The van der Waals surface area contributed by atoms with E-state index in [-0.39, 0.29) is 5.92 Å². The minimum Gasteiger partial charge on any atom is -0.380 e. The quantitative estimate of drug-likeness (QED) is 0.795. The molecule has 25 heavy (non-hydrogen) atoms. The predicted octanol–water partition coefficient (Wildman–Crippen LogP) is 3.00.